The number of carbonyl (C=O) groups is 1. The van der Waals surface area contributed by atoms with E-state index in [9.17, 15) is 9.90 Å². The molecule has 0 bridgehead atoms. The summed E-state index contributed by atoms with van der Waals surface area (Å²) in [5.41, 5.74) is 0.368. The Balaban J connectivity index is 1.78. The van der Waals surface area contributed by atoms with Crippen molar-refractivity contribution in [3.8, 4) is 0 Å². The molecule has 1 fully saturated rings. The number of nitrogens with zero attached hydrogens (tertiary/aromatic N) is 3. The number of aromatic nitrogens is 2. The normalized spacial score (nSPS) is 22.8. The number of nitrogens with one attached hydrogen (secondary N) is 1. The Kier molecular flexibility index (Phi) is 5.36. The van der Waals surface area contributed by atoms with Gasteiger partial charge < -0.3 is 14.9 Å². The van der Waals surface area contributed by atoms with Crippen LogP contribution >= 0.6 is 0 Å². The van der Waals surface area contributed by atoms with Gasteiger partial charge in [0.25, 0.3) is 0 Å². The zero-order valence-corrected chi connectivity index (χ0v) is 13.0. The van der Waals surface area contributed by atoms with Gasteiger partial charge in [0.05, 0.1) is 18.3 Å². The highest BCUT2D eigenvalue weighted by Gasteiger charge is 2.35. The van der Waals surface area contributed by atoms with Gasteiger partial charge >= 0.3 is 0 Å². The van der Waals surface area contributed by atoms with Gasteiger partial charge in [-0.15, -0.1) is 0 Å². The maximum atomic E-state index is 12.3. The molecule has 0 saturated carbocycles. The number of aryl methyl sites for hydroxylation is 1. The van der Waals surface area contributed by atoms with Gasteiger partial charge in [-0.2, -0.15) is 5.10 Å². The average molecular weight is 294 g/mol. The van der Waals surface area contributed by atoms with Crippen molar-refractivity contribution in [1.82, 2.24) is 20.0 Å². The molecule has 1 aromatic heterocycles. The summed E-state index contributed by atoms with van der Waals surface area (Å²) in [5, 5.41) is 17.3. The number of aliphatic hydroxyl groups is 1. The largest absolute Gasteiger partial charge is 0.387 e. The number of β-amino-alcohol motifs (C(OH)–C–C–N with tert-alkyl or cyclic N) is 1. The third kappa shape index (κ3) is 4.82. The van der Waals surface area contributed by atoms with Crippen LogP contribution in [0.2, 0.25) is 0 Å². The Morgan fingerprint density at radius 1 is 1.57 bits per heavy atom. The molecule has 0 unspecified atom stereocenters. The quantitative estimate of drug-likeness (QED) is 0.808. The van der Waals surface area contributed by atoms with Gasteiger partial charge in [-0.25, -0.2) is 0 Å². The number of hydrogen-bond acceptors (Lipinski definition) is 4. The molecule has 1 aliphatic rings. The van der Waals surface area contributed by atoms with Gasteiger partial charge in [-0.1, -0.05) is 0 Å². The summed E-state index contributed by atoms with van der Waals surface area (Å²) in [4.78, 5) is 16.1. The van der Waals surface area contributed by atoms with Crippen LogP contribution in [0.1, 0.15) is 31.2 Å². The van der Waals surface area contributed by atoms with Crippen molar-refractivity contribution >= 4 is 5.91 Å². The van der Waals surface area contributed by atoms with E-state index in [1.54, 1.807) is 6.20 Å². The van der Waals surface area contributed by atoms with Crippen LogP contribution in [0.4, 0.5) is 0 Å². The van der Waals surface area contributed by atoms with E-state index in [1.807, 2.05) is 30.1 Å². The van der Waals surface area contributed by atoms with E-state index < -0.39 is 5.60 Å². The number of aromatic amines is 1. The molecule has 0 spiro atoms. The van der Waals surface area contributed by atoms with E-state index in [2.05, 4.69) is 10.2 Å². The predicted molar refractivity (Wildman–Crippen MR) is 80.8 cm³/mol. The SMILES string of the molecule is CN(C)C[C@@]1(O)CCCN(C(=O)CCCc2cn[nH]c2)C1. The highest BCUT2D eigenvalue weighted by Crippen LogP contribution is 2.22. The number of likely N-dealkylation sites (N-methyl/N-ethyl adjacent to an activating group) is 1. The van der Waals surface area contributed by atoms with Crippen molar-refractivity contribution < 1.29 is 9.90 Å². The maximum absolute atomic E-state index is 12.3. The lowest BCUT2D eigenvalue weighted by molar-refractivity contribution is -0.139. The first-order valence-electron chi connectivity index (χ1n) is 7.61. The van der Waals surface area contributed by atoms with Gasteiger partial charge in [0, 0.05) is 25.7 Å². The molecule has 1 amide bonds. The minimum absolute atomic E-state index is 0.148. The second-order valence-corrected chi connectivity index (χ2v) is 6.34. The first kappa shape index (κ1) is 16.0. The number of amides is 1. The third-order valence-electron chi connectivity index (χ3n) is 3.93. The van der Waals surface area contributed by atoms with E-state index >= 15 is 0 Å². The van der Waals surface area contributed by atoms with Crippen molar-refractivity contribution in [3.63, 3.8) is 0 Å². The fourth-order valence-corrected chi connectivity index (χ4v) is 3.06. The van der Waals surface area contributed by atoms with Gasteiger partial charge in [0.1, 0.15) is 0 Å². The van der Waals surface area contributed by atoms with Crippen LogP contribution in [0.5, 0.6) is 0 Å². The molecule has 6 nitrogen and oxygen atoms in total. The number of carbonyl (C=O) groups excluding carboxylic acids is 1. The molecular formula is C15H26N4O2. The van der Waals surface area contributed by atoms with Crippen molar-refractivity contribution in [2.24, 2.45) is 0 Å². The molecule has 0 radical (unpaired) electrons. The third-order valence-corrected chi connectivity index (χ3v) is 3.93. The molecule has 6 heteroatoms. The summed E-state index contributed by atoms with van der Waals surface area (Å²) < 4.78 is 0. The number of likely N-dealkylation sites (tertiary alicyclic amines) is 1. The summed E-state index contributed by atoms with van der Waals surface area (Å²) in [6.07, 6.45) is 7.51. The molecule has 2 rings (SSSR count). The van der Waals surface area contributed by atoms with Crippen LogP contribution < -0.4 is 0 Å². The van der Waals surface area contributed by atoms with Crippen LogP contribution in [0.3, 0.4) is 0 Å². The smallest absolute Gasteiger partial charge is 0.222 e. The second-order valence-electron chi connectivity index (χ2n) is 6.34. The lowest BCUT2D eigenvalue weighted by Gasteiger charge is -2.40. The van der Waals surface area contributed by atoms with Crippen molar-refractivity contribution in [3.05, 3.63) is 18.0 Å². The van der Waals surface area contributed by atoms with E-state index in [1.165, 1.54) is 0 Å². The first-order chi connectivity index (χ1) is 9.98. The number of piperidine rings is 1. The molecule has 21 heavy (non-hydrogen) atoms. The minimum Gasteiger partial charge on any atom is -0.387 e. The molecule has 118 valence electrons. The van der Waals surface area contributed by atoms with Crippen LogP contribution in [-0.2, 0) is 11.2 Å². The predicted octanol–water partition coefficient (Wildman–Crippen LogP) is 0.647. The zero-order valence-electron chi connectivity index (χ0n) is 13.0. The molecule has 1 saturated heterocycles. The lowest BCUT2D eigenvalue weighted by Crippen LogP contribution is -2.54. The van der Waals surface area contributed by atoms with Crippen molar-refractivity contribution in [2.75, 3.05) is 33.7 Å². The standard InChI is InChI=1S/C15H26N4O2/c1-18(2)11-15(21)7-4-8-19(12-15)14(20)6-3-5-13-9-16-17-10-13/h9-10,21H,3-8,11-12H2,1-2H3,(H,16,17)/t15-/m0/s1. The summed E-state index contributed by atoms with van der Waals surface area (Å²) in [6.45, 7) is 1.82. The summed E-state index contributed by atoms with van der Waals surface area (Å²) >= 11 is 0. The Morgan fingerprint density at radius 2 is 2.38 bits per heavy atom. The Hall–Kier alpha value is -1.40. The van der Waals surface area contributed by atoms with E-state index in [0.29, 0.717) is 19.5 Å². The van der Waals surface area contributed by atoms with Crippen LogP contribution in [-0.4, -0.2) is 70.3 Å². The second kappa shape index (κ2) is 7.04. The fraction of sp³-hybridized carbons (Fsp3) is 0.733. The van der Waals surface area contributed by atoms with Crippen molar-refractivity contribution in [1.29, 1.82) is 0 Å². The van der Waals surface area contributed by atoms with E-state index in [4.69, 9.17) is 0 Å². The summed E-state index contributed by atoms with van der Waals surface area (Å²) in [7, 11) is 3.90. The molecule has 1 aromatic rings. The molecule has 2 N–H and O–H groups in total. The lowest BCUT2D eigenvalue weighted by atomic mass is 9.92. The summed E-state index contributed by atoms with van der Waals surface area (Å²) in [5.74, 6) is 0.148. The summed E-state index contributed by atoms with van der Waals surface area (Å²) in [6, 6.07) is 0. The topological polar surface area (TPSA) is 72.5 Å². The van der Waals surface area contributed by atoms with Crippen LogP contribution in [0, 0.1) is 0 Å². The monoisotopic (exact) mass is 294 g/mol. The van der Waals surface area contributed by atoms with E-state index in [-0.39, 0.29) is 5.91 Å². The first-order valence-corrected chi connectivity index (χ1v) is 7.61. The molecular weight excluding hydrogens is 268 g/mol. The molecule has 2 heterocycles. The van der Waals surface area contributed by atoms with Gasteiger partial charge in [-0.05, 0) is 45.3 Å². The van der Waals surface area contributed by atoms with E-state index in [0.717, 1.165) is 37.8 Å². The average Bonchev–Trinajstić information content (AvgIpc) is 2.90. The number of H-pyrrole nitrogens is 1. The molecule has 1 aliphatic heterocycles. The fourth-order valence-electron chi connectivity index (χ4n) is 3.06. The number of rotatable bonds is 6. The van der Waals surface area contributed by atoms with Crippen LogP contribution in [0.15, 0.2) is 12.4 Å². The highest BCUT2D eigenvalue weighted by atomic mass is 16.3. The van der Waals surface area contributed by atoms with Gasteiger partial charge in [-0.3, -0.25) is 9.89 Å². The number of hydrogen-bond donors (Lipinski definition) is 2. The van der Waals surface area contributed by atoms with Gasteiger partial charge in [0.15, 0.2) is 0 Å². The van der Waals surface area contributed by atoms with Crippen molar-refractivity contribution in [2.45, 2.75) is 37.7 Å². The Labute approximate surface area is 126 Å². The molecule has 0 aliphatic carbocycles. The molecule has 0 aromatic carbocycles. The maximum Gasteiger partial charge on any atom is 0.222 e. The molecule has 1 atom stereocenters. The Morgan fingerprint density at radius 3 is 3.05 bits per heavy atom. The zero-order chi connectivity index (χ0) is 15.3. The Bertz CT molecular complexity index is 447. The minimum atomic E-state index is -0.762. The highest BCUT2D eigenvalue weighted by molar-refractivity contribution is 5.76. The van der Waals surface area contributed by atoms with Crippen LogP contribution in [0.25, 0.3) is 0 Å². The van der Waals surface area contributed by atoms with Gasteiger partial charge in [0.2, 0.25) is 5.91 Å².